The Labute approximate surface area is 125 Å². The predicted molar refractivity (Wildman–Crippen MR) is 88.3 cm³/mol. The molecule has 0 spiro atoms. The number of anilines is 3. The fourth-order valence-electron chi connectivity index (χ4n) is 2.09. The number of hydrogen-bond acceptors (Lipinski definition) is 3. The Bertz CT molecular complexity index is 638. The molecule has 0 aliphatic rings. The third-order valence-electron chi connectivity index (χ3n) is 3.45. The van der Waals surface area contributed by atoms with Gasteiger partial charge in [-0.05, 0) is 36.2 Å². The fraction of sp³-hybridized carbons (Fsp3) is 0.235. The number of benzene rings is 2. The molecule has 1 amide bonds. The number of rotatable bonds is 5. The number of amides is 1. The average Bonchev–Trinajstić information content (AvgIpc) is 2.49. The summed E-state index contributed by atoms with van der Waals surface area (Å²) in [5.41, 5.74) is 10.6. The number of nitrogens with one attached hydrogen (secondary N) is 2. The van der Waals surface area contributed by atoms with Gasteiger partial charge in [0.1, 0.15) is 0 Å². The van der Waals surface area contributed by atoms with Crippen LogP contribution in [0.2, 0.25) is 0 Å². The summed E-state index contributed by atoms with van der Waals surface area (Å²) in [4.78, 5) is 11.5. The Kier molecular flexibility index (Phi) is 4.82. The summed E-state index contributed by atoms with van der Waals surface area (Å²) in [5.74, 6) is 0.0163. The van der Waals surface area contributed by atoms with Crippen LogP contribution in [-0.2, 0) is 11.3 Å². The lowest BCUT2D eigenvalue weighted by atomic mass is 10.1. The van der Waals surface area contributed by atoms with E-state index < -0.39 is 0 Å². The number of para-hydroxylation sites is 1. The van der Waals surface area contributed by atoms with E-state index in [0.29, 0.717) is 13.0 Å². The van der Waals surface area contributed by atoms with E-state index in [1.54, 1.807) is 0 Å². The van der Waals surface area contributed by atoms with Crippen LogP contribution in [0, 0.1) is 6.92 Å². The molecular weight excluding hydrogens is 262 g/mol. The van der Waals surface area contributed by atoms with Gasteiger partial charge >= 0.3 is 0 Å². The standard InChI is InChI=1S/C17H21N3O/c1-3-17(21)20-16-10-6-9-15(12(16)2)19-11-13-7-4-5-8-14(13)18/h4-10,19H,3,11,18H2,1-2H3,(H,20,21). The van der Waals surface area contributed by atoms with Gasteiger partial charge in [0.2, 0.25) is 5.91 Å². The SMILES string of the molecule is CCC(=O)Nc1cccc(NCc2ccccc2N)c1C. The summed E-state index contributed by atoms with van der Waals surface area (Å²) >= 11 is 0. The third-order valence-corrected chi connectivity index (χ3v) is 3.45. The fourth-order valence-corrected chi connectivity index (χ4v) is 2.09. The summed E-state index contributed by atoms with van der Waals surface area (Å²) in [6.07, 6.45) is 0.470. The van der Waals surface area contributed by atoms with E-state index in [1.807, 2.05) is 56.3 Å². The Morgan fingerprint density at radius 1 is 1.10 bits per heavy atom. The first-order valence-corrected chi connectivity index (χ1v) is 7.08. The quantitative estimate of drug-likeness (QED) is 0.735. The van der Waals surface area contributed by atoms with Crippen molar-refractivity contribution < 1.29 is 4.79 Å². The maximum atomic E-state index is 11.5. The molecule has 0 fully saturated rings. The molecule has 0 heterocycles. The molecule has 2 rings (SSSR count). The summed E-state index contributed by atoms with van der Waals surface area (Å²) in [6.45, 7) is 4.48. The van der Waals surface area contributed by atoms with E-state index in [1.165, 1.54) is 0 Å². The number of carbonyl (C=O) groups is 1. The number of carbonyl (C=O) groups excluding carboxylic acids is 1. The van der Waals surface area contributed by atoms with Crippen molar-refractivity contribution in [2.75, 3.05) is 16.4 Å². The first-order valence-electron chi connectivity index (χ1n) is 7.08. The molecule has 2 aromatic carbocycles. The Balaban J connectivity index is 2.12. The molecule has 0 aliphatic heterocycles. The second-order valence-electron chi connectivity index (χ2n) is 4.93. The number of nitrogen functional groups attached to an aromatic ring is 1. The zero-order chi connectivity index (χ0) is 15.2. The van der Waals surface area contributed by atoms with E-state index >= 15 is 0 Å². The van der Waals surface area contributed by atoms with Crippen LogP contribution >= 0.6 is 0 Å². The lowest BCUT2D eigenvalue weighted by Crippen LogP contribution is -2.11. The van der Waals surface area contributed by atoms with E-state index in [9.17, 15) is 4.79 Å². The Hall–Kier alpha value is -2.49. The Morgan fingerprint density at radius 2 is 1.81 bits per heavy atom. The summed E-state index contributed by atoms with van der Waals surface area (Å²) in [7, 11) is 0. The van der Waals surface area contributed by atoms with Crippen LogP contribution in [0.15, 0.2) is 42.5 Å². The lowest BCUT2D eigenvalue weighted by molar-refractivity contribution is -0.115. The Morgan fingerprint density at radius 3 is 2.52 bits per heavy atom. The maximum absolute atomic E-state index is 11.5. The number of hydrogen-bond donors (Lipinski definition) is 3. The highest BCUT2D eigenvalue weighted by Crippen LogP contribution is 2.24. The summed E-state index contributed by atoms with van der Waals surface area (Å²) < 4.78 is 0. The highest BCUT2D eigenvalue weighted by atomic mass is 16.1. The smallest absolute Gasteiger partial charge is 0.224 e. The monoisotopic (exact) mass is 283 g/mol. The molecule has 0 saturated carbocycles. The van der Waals surface area contributed by atoms with Crippen molar-refractivity contribution in [2.24, 2.45) is 0 Å². The topological polar surface area (TPSA) is 67.2 Å². The molecule has 4 nitrogen and oxygen atoms in total. The largest absolute Gasteiger partial charge is 0.398 e. The van der Waals surface area contributed by atoms with Gasteiger partial charge in [-0.1, -0.05) is 31.2 Å². The van der Waals surface area contributed by atoms with E-state index in [-0.39, 0.29) is 5.91 Å². The molecule has 4 N–H and O–H groups in total. The van der Waals surface area contributed by atoms with Gasteiger partial charge < -0.3 is 16.4 Å². The highest BCUT2D eigenvalue weighted by molar-refractivity contribution is 5.92. The molecule has 0 unspecified atom stereocenters. The second-order valence-corrected chi connectivity index (χ2v) is 4.93. The van der Waals surface area contributed by atoms with Crippen LogP contribution in [0.5, 0.6) is 0 Å². The molecule has 2 aromatic rings. The van der Waals surface area contributed by atoms with Gasteiger partial charge in [-0.15, -0.1) is 0 Å². The third kappa shape index (κ3) is 3.75. The van der Waals surface area contributed by atoms with Crippen LogP contribution in [0.25, 0.3) is 0 Å². The molecule has 0 aliphatic carbocycles. The summed E-state index contributed by atoms with van der Waals surface area (Å²) in [5, 5.41) is 6.28. The van der Waals surface area contributed by atoms with Gasteiger partial charge in [0.25, 0.3) is 0 Å². The van der Waals surface area contributed by atoms with Crippen molar-refractivity contribution in [2.45, 2.75) is 26.8 Å². The van der Waals surface area contributed by atoms with Crippen LogP contribution in [0.3, 0.4) is 0 Å². The molecule has 0 atom stereocenters. The van der Waals surface area contributed by atoms with Gasteiger partial charge in [0.05, 0.1) is 0 Å². The van der Waals surface area contributed by atoms with Crippen LogP contribution in [0.4, 0.5) is 17.1 Å². The molecule has 0 radical (unpaired) electrons. The van der Waals surface area contributed by atoms with Crippen LogP contribution < -0.4 is 16.4 Å². The van der Waals surface area contributed by atoms with Crippen LogP contribution in [-0.4, -0.2) is 5.91 Å². The first-order chi connectivity index (χ1) is 10.1. The van der Waals surface area contributed by atoms with Crippen molar-refractivity contribution in [3.8, 4) is 0 Å². The van der Waals surface area contributed by atoms with Crippen molar-refractivity contribution in [3.63, 3.8) is 0 Å². The summed E-state index contributed by atoms with van der Waals surface area (Å²) in [6, 6.07) is 13.6. The first kappa shape index (κ1) is 14.9. The van der Waals surface area contributed by atoms with Gasteiger partial charge in [-0.2, -0.15) is 0 Å². The minimum absolute atomic E-state index is 0.0163. The van der Waals surface area contributed by atoms with Crippen molar-refractivity contribution >= 4 is 23.0 Å². The maximum Gasteiger partial charge on any atom is 0.224 e. The van der Waals surface area contributed by atoms with E-state index in [4.69, 9.17) is 5.73 Å². The molecule has 0 aromatic heterocycles. The van der Waals surface area contributed by atoms with E-state index in [0.717, 1.165) is 28.2 Å². The molecule has 4 heteroatoms. The lowest BCUT2D eigenvalue weighted by Gasteiger charge is -2.14. The molecular formula is C17H21N3O. The van der Waals surface area contributed by atoms with Crippen molar-refractivity contribution in [3.05, 3.63) is 53.6 Å². The van der Waals surface area contributed by atoms with Gasteiger partial charge in [-0.3, -0.25) is 4.79 Å². The predicted octanol–water partition coefficient (Wildman–Crippen LogP) is 3.54. The van der Waals surface area contributed by atoms with Gasteiger partial charge in [0.15, 0.2) is 0 Å². The molecule has 110 valence electrons. The van der Waals surface area contributed by atoms with Crippen molar-refractivity contribution in [1.29, 1.82) is 0 Å². The van der Waals surface area contributed by atoms with E-state index in [2.05, 4.69) is 10.6 Å². The molecule has 0 bridgehead atoms. The minimum atomic E-state index is 0.0163. The normalized spacial score (nSPS) is 10.2. The molecule has 0 saturated heterocycles. The van der Waals surface area contributed by atoms with Gasteiger partial charge in [0, 0.05) is 30.0 Å². The van der Waals surface area contributed by atoms with Crippen LogP contribution in [0.1, 0.15) is 24.5 Å². The average molecular weight is 283 g/mol. The number of nitrogens with two attached hydrogens (primary N) is 1. The zero-order valence-electron chi connectivity index (χ0n) is 12.4. The zero-order valence-corrected chi connectivity index (χ0v) is 12.4. The van der Waals surface area contributed by atoms with Crippen molar-refractivity contribution in [1.82, 2.24) is 0 Å². The second kappa shape index (κ2) is 6.79. The van der Waals surface area contributed by atoms with Gasteiger partial charge in [-0.25, -0.2) is 0 Å². The minimum Gasteiger partial charge on any atom is -0.398 e. The molecule has 21 heavy (non-hydrogen) atoms. The highest BCUT2D eigenvalue weighted by Gasteiger charge is 2.06.